The van der Waals surface area contributed by atoms with Crippen molar-refractivity contribution in [2.75, 3.05) is 13.1 Å². The number of rotatable bonds is 2. The Morgan fingerprint density at radius 3 is 2.62 bits per heavy atom. The van der Waals surface area contributed by atoms with Gasteiger partial charge in [-0.1, -0.05) is 0 Å². The van der Waals surface area contributed by atoms with E-state index in [0.717, 1.165) is 50.3 Å². The molecule has 0 unspecified atom stereocenters. The molecule has 2 atom stereocenters. The zero-order valence-electron chi connectivity index (χ0n) is 15.2. The summed E-state index contributed by atoms with van der Waals surface area (Å²) < 4.78 is 5.63. The lowest BCUT2D eigenvalue weighted by Gasteiger charge is -2.31. The number of aryl methyl sites for hydroxylation is 1. The molecule has 2 aliphatic heterocycles. The predicted octanol–water partition coefficient (Wildman–Crippen LogP) is 2.76. The van der Waals surface area contributed by atoms with Gasteiger partial charge in [-0.2, -0.15) is 0 Å². The highest BCUT2D eigenvalue weighted by atomic mass is 16.6. The minimum Gasteiger partial charge on any atom is -0.444 e. The molecule has 0 N–H and O–H groups in total. The van der Waals surface area contributed by atoms with E-state index in [1.165, 1.54) is 0 Å². The maximum absolute atomic E-state index is 12.6. The molecule has 2 bridgehead atoms. The SMILES string of the molecule is Cc1cnc(CN2CC[C@H]3CC[C@@H](C2)N3C(=O)OC(C)(C)C)cn1. The number of hydrogen-bond acceptors (Lipinski definition) is 5. The highest BCUT2D eigenvalue weighted by Gasteiger charge is 2.41. The van der Waals surface area contributed by atoms with Gasteiger partial charge in [0.2, 0.25) is 0 Å². The number of carbonyl (C=O) groups excluding carboxylic acids is 1. The number of carbonyl (C=O) groups is 1. The first-order valence-electron chi connectivity index (χ1n) is 8.83. The summed E-state index contributed by atoms with van der Waals surface area (Å²) in [5.41, 5.74) is 1.48. The third-order valence-electron chi connectivity index (χ3n) is 4.69. The Kier molecular flexibility index (Phi) is 4.76. The van der Waals surface area contributed by atoms with Gasteiger partial charge in [-0.25, -0.2) is 4.79 Å². The molecule has 3 heterocycles. The average Bonchev–Trinajstić information content (AvgIpc) is 2.77. The third-order valence-corrected chi connectivity index (χ3v) is 4.69. The summed E-state index contributed by atoms with van der Waals surface area (Å²) in [6.07, 6.45) is 6.64. The average molecular weight is 332 g/mol. The van der Waals surface area contributed by atoms with Crippen molar-refractivity contribution in [2.24, 2.45) is 0 Å². The summed E-state index contributed by atoms with van der Waals surface area (Å²) in [6, 6.07) is 0.546. The first-order valence-corrected chi connectivity index (χ1v) is 8.83. The summed E-state index contributed by atoms with van der Waals surface area (Å²) in [5.74, 6) is 0. The number of ether oxygens (including phenoxy) is 1. The molecule has 0 radical (unpaired) electrons. The Morgan fingerprint density at radius 2 is 1.96 bits per heavy atom. The fourth-order valence-electron chi connectivity index (χ4n) is 3.63. The summed E-state index contributed by atoms with van der Waals surface area (Å²) in [5, 5.41) is 0. The van der Waals surface area contributed by atoms with Gasteiger partial charge in [0.25, 0.3) is 0 Å². The van der Waals surface area contributed by atoms with Gasteiger partial charge < -0.3 is 9.64 Å². The van der Waals surface area contributed by atoms with E-state index >= 15 is 0 Å². The molecule has 132 valence electrons. The Bertz CT molecular complexity index is 582. The van der Waals surface area contributed by atoms with Gasteiger partial charge in [-0.15, -0.1) is 0 Å². The Morgan fingerprint density at radius 1 is 1.21 bits per heavy atom. The molecule has 0 spiro atoms. The van der Waals surface area contributed by atoms with Gasteiger partial charge in [0, 0.05) is 44.1 Å². The Labute approximate surface area is 144 Å². The zero-order valence-corrected chi connectivity index (χ0v) is 15.2. The fourth-order valence-corrected chi connectivity index (χ4v) is 3.63. The van der Waals surface area contributed by atoms with Crippen molar-refractivity contribution < 1.29 is 9.53 Å². The van der Waals surface area contributed by atoms with Gasteiger partial charge in [-0.05, 0) is 47.0 Å². The minimum atomic E-state index is -0.444. The molecule has 6 heteroatoms. The summed E-state index contributed by atoms with van der Waals surface area (Å²) in [4.78, 5) is 25.8. The Balaban J connectivity index is 1.66. The molecule has 24 heavy (non-hydrogen) atoms. The highest BCUT2D eigenvalue weighted by molar-refractivity contribution is 5.69. The minimum absolute atomic E-state index is 0.160. The van der Waals surface area contributed by atoms with Gasteiger partial charge in [-0.3, -0.25) is 14.9 Å². The lowest BCUT2D eigenvalue weighted by atomic mass is 10.1. The number of hydrogen-bond donors (Lipinski definition) is 0. The van der Waals surface area contributed by atoms with Gasteiger partial charge >= 0.3 is 6.09 Å². The molecular weight excluding hydrogens is 304 g/mol. The molecule has 1 aromatic heterocycles. The van der Waals surface area contributed by atoms with E-state index in [1.807, 2.05) is 45.0 Å². The normalized spacial score (nSPS) is 24.8. The molecular formula is C18H28N4O2. The summed E-state index contributed by atoms with van der Waals surface area (Å²) >= 11 is 0. The molecule has 2 aliphatic rings. The number of likely N-dealkylation sites (tertiary alicyclic amines) is 1. The van der Waals surface area contributed by atoms with Crippen LogP contribution in [-0.2, 0) is 11.3 Å². The first kappa shape index (κ1) is 17.1. The van der Waals surface area contributed by atoms with Gasteiger partial charge in [0.05, 0.1) is 11.4 Å². The summed E-state index contributed by atoms with van der Waals surface area (Å²) in [7, 11) is 0. The fraction of sp³-hybridized carbons (Fsp3) is 0.722. The van der Waals surface area contributed by atoms with E-state index in [-0.39, 0.29) is 12.1 Å². The first-order chi connectivity index (χ1) is 11.3. The van der Waals surface area contributed by atoms with Crippen molar-refractivity contribution in [3.63, 3.8) is 0 Å². The molecule has 0 aromatic carbocycles. The van der Waals surface area contributed by atoms with E-state index in [0.29, 0.717) is 6.04 Å². The number of aromatic nitrogens is 2. The van der Waals surface area contributed by atoms with E-state index < -0.39 is 5.60 Å². The largest absolute Gasteiger partial charge is 0.444 e. The van der Waals surface area contributed by atoms with Crippen LogP contribution in [0.15, 0.2) is 12.4 Å². The van der Waals surface area contributed by atoms with Crippen molar-refractivity contribution in [2.45, 2.75) is 71.2 Å². The lowest BCUT2D eigenvalue weighted by Crippen LogP contribution is -2.45. The van der Waals surface area contributed by atoms with E-state index in [4.69, 9.17) is 4.74 Å². The monoisotopic (exact) mass is 332 g/mol. The second-order valence-corrected chi connectivity index (χ2v) is 7.95. The number of fused-ring (bicyclic) bond motifs is 2. The van der Waals surface area contributed by atoms with Crippen LogP contribution in [-0.4, -0.2) is 56.6 Å². The second kappa shape index (κ2) is 6.67. The number of amides is 1. The third kappa shape index (κ3) is 4.04. The lowest BCUT2D eigenvalue weighted by molar-refractivity contribution is 0.0152. The molecule has 6 nitrogen and oxygen atoms in total. The molecule has 3 rings (SSSR count). The van der Waals surface area contributed by atoms with Crippen molar-refractivity contribution in [3.8, 4) is 0 Å². The molecule has 1 aromatic rings. The number of nitrogens with zero attached hydrogens (tertiary/aromatic N) is 4. The highest BCUT2D eigenvalue weighted by Crippen LogP contribution is 2.32. The second-order valence-electron chi connectivity index (χ2n) is 7.95. The van der Waals surface area contributed by atoms with Crippen LogP contribution in [0.4, 0.5) is 4.79 Å². The molecule has 2 saturated heterocycles. The molecule has 1 amide bonds. The maximum Gasteiger partial charge on any atom is 0.410 e. The topological polar surface area (TPSA) is 58.6 Å². The quantitative estimate of drug-likeness (QED) is 0.833. The smallest absolute Gasteiger partial charge is 0.410 e. The van der Waals surface area contributed by atoms with Crippen LogP contribution in [0, 0.1) is 6.92 Å². The van der Waals surface area contributed by atoms with Crippen LogP contribution in [0.5, 0.6) is 0 Å². The van der Waals surface area contributed by atoms with Crippen LogP contribution in [0.25, 0.3) is 0 Å². The van der Waals surface area contributed by atoms with Crippen molar-refractivity contribution in [3.05, 3.63) is 23.8 Å². The van der Waals surface area contributed by atoms with E-state index in [2.05, 4.69) is 14.9 Å². The van der Waals surface area contributed by atoms with E-state index in [9.17, 15) is 4.79 Å². The van der Waals surface area contributed by atoms with Crippen LogP contribution in [0.1, 0.15) is 51.4 Å². The van der Waals surface area contributed by atoms with Crippen LogP contribution in [0.2, 0.25) is 0 Å². The van der Waals surface area contributed by atoms with Crippen LogP contribution >= 0.6 is 0 Å². The van der Waals surface area contributed by atoms with Gasteiger partial charge in [0.1, 0.15) is 5.60 Å². The standard InChI is InChI=1S/C18H28N4O2/c1-13-9-20-14(10-19-13)11-21-8-7-15-5-6-16(12-21)22(15)17(23)24-18(2,3)4/h9-10,15-16H,5-8,11-12H2,1-4H3/t15-,16+/m1/s1. The summed E-state index contributed by atoms with van der Waals surface area (Å²) in [6.45, 7) is 10.4. The molecule has 0 saturated carbocycles. The maximum atomic E-state index is 12.6. The van der Waals surface area contributed by atoms with Crippen LogP contribution in [0.3, 0.4) is 0 Å². The zero-order chi connectivity index (χ0) is 17.3. The van der Waals surface area contributed by atoms with E-state index in [1.54, 1.807) is 0 Å². The Hall–Kier alpha value is -1.69. The van der Waals surface area contributed by atoms with Crippen LogP contribution < -0.4 is 0 Å². The molecule has 0 aliphatic carbocycles. The van der Waals surface area contributed by atoms with Gasteiger partial charge in [0.15, 0.2) is 0 Å². The van der Waals surface area contributed by atoms with Crippen molar-refractivity contribution in [1.29, 1.82) is 0 Å². The van der Waals surface area contributed by atoms with Crippen molar-refractivity contribution in [1.82, 2.24) is 19.8 Å². The van der Waals surface area contributed by atoms with Crippen molar-refractivity contribution >= 4 is 6.09 Å². The molecule has 2 fully saturated rings. The predicted molar refractivity (Wildman–Crippen MR) is 91.5 cm³/mol.